The van der Waals surface area contributed by atoms with Crippen LogP contribution in [-0.4, -0.2) is 38.3 Å². The molecule has 1 aromatic heterocycles. The van der Waals surface area contributed by atoms with Crippen molar-refractivity contribution >= 4 is 5.96 Å². The number of nitrogens with one attached hydrogen (secondary N) is 2. The number of rotatable bonds is 10. The molecule has 0 fully saturated rings. The number of nitrogens with zero attached hydrogens (tertiary/aromatic N) is 2. The van der Waals surface area contributed by atoms with E-state index < -0.39 is 0 Å². The Morgan fingerprint density at radius 2 is 1.73 bits per heavy atom. The third-order valence-electron chi connectivity index (χ3n) is 4.63. The molecule has 0 radical (unpaired) electrons. The molecule has 0 spiro atoms. The first-order valence-corrected chi connectivity index (χ1v) is 10.3. The van der Waals surface area contributed by atoms with Gasteiger partial charge in [-0.2, -0.15) is 0 Å². The van der Waals surface area contributed by atoms with Gasteiger partial charge in [0.2, 0.25) is 11.6 Å². The van der Waals surface area contributed by atoms with Crippen LogP contribution in [0.2, 0.25) is 0 Å². The fourth-order valence-electron chi connectivity index (χ4n) is 2.87. The van der Waals surface area contributed by atoms with Crippen molar-refractivity contribution in [2.45, 2.75) is 46.2 Å². The molecule has 1 heterocycles. The number of hydrogen-bond donors (Lipinski definition) is 2. The van der Waals surface area contributed by atoms with E-state index in [2.05, 4.69) is 41.4 Å². The summed E-state index contributed by atoms with van der Waals surface area (Å²) < 4.78 is 16.6. The summed E-state index contributed by atoms with van der Waals surface area (Å²) in [5, 5.41) is 6.76. The molecular formula is C23H34N4O3. The van der Waals surface area contributed by atoms with Crippen molar-refractivity contribution in [3.05, 3.63) is 42.1 Å². The SMILES string of the molecule is CN=C(NCc1ccc(Oc2c(OC)cccc2OC)nc1)NC(C)CCC(C)C. The number of aromatic nitrogens is 1. The van der Waals surface area contributed by atoms with Gasteiger partial charge in [0.05, 0.1) is 14.2 Å². The van der Waals surface area contributed by atoms with E-state index in [9.17, 15) is 0 Å². The van der Waals surface area contributed by atoms with Gasteiger partial charge in [0.25, 0.3) is 0 Å². The molecular weight excluding hydrogens is 380 g/mol. The highest BCUT2D eigenvalue weighted by molar-refractivity contribution is 5.79. The van der Waals surface area contributed by atoms with Crippen molar-refractivity contribution in [1.29, 1.82) is 0 Å². The van der Waals surface area contributed by atoms with Crippen LogP contribution in [-0.2, 0) is 6.54 Å². The second-order valence-electron chi connectivity index (χ2n) is 7.54. The lowest BCUT2D eigenvalue weighted by Crippen LogP contribution is -2.41. The normalized spacial score (nSPS) is 12.4. The topological polar surface area (TPSA) is 77.0 Å². The molecule has 2 aromatic rings. The average molecular weight is 415 g/mol. The van der Waals surface area contributed by atoms with E-state index in [0.717, 1.165) is 17.9 Å². The monoisotopic (exact) mass is 414 g/mol. The molecule has 1 aromatic carbocycles. The Morgan fingerprint density at radius 3 is 2.27 bits per heavy atom. The summed E-state index contributed by atoms with van der Waals surface area (Å²) in [5.41, 5.74) is 1.02. The Hall–Kier alpha value is -2.96. The highest BCUT2D eigenvalue weighted by atomic mass is 16.5. The molecule has 164 valence electrons. The molecule has 0 aliphatic carbocycles. The first kappa shape index (κ1) is 23.3. The van der Waals surface area contributed by atoms with Gasteiger partial charge in [0, 0.05) is 31.9 Å². The predicted molar refractivity (Wildman–Crippen MR) is 121 cm³/mol. The third-order valence-corrected chi connectivity index (χ3v) is 4.63. The molecule has 1 atom stereocenters. The first-order chi connectivity index (χ1) is 14.5. The zero-order valence-electron chi connectivity index (χ0n) is 18.9. The summed E-state index contributed by atoms with van der Waals surface area (Å²) in [6.45, 7) is 7.27. The van der Waals surface area contributed by atoms with Gasteiger partial charge in [0.1, 0.15) is 0 Å². The maximum absolute atomic E-state index is 5.91. The largest absolute Gasteiger partial charge is 0.493 e. The standard InChI is InChI=1S/C23H34N4O3/c1-16(2)10-11-17(3)27-23(24-4)26-15-18-12-13-21(25-14-18)30-22-19(28-5)8-7-9-20(22)29-6/h7-9,12-14,16-17H,10-11,15H2,1-6H3,(H2,24,26,27). The van der Waals surface area contributed by atoms with Gasteiger partial charge >= 0.3 is 0 Å². The Bertz CT molecular complexity index is 784. The average Bonchev–Trinajstić information content (AvgIpc) is 2.76. The highest BCUT2D eigenvalue weighted by Gasteiger charge is 2.13. The third kappa shape index (κ3) is 7.13. The lowest BCUT2D eigenvalue weighted by Gasteiger charge is -2.18. The molecule has 2 rings (SSSR count). The number of para-hydroxylation sites is 1. The molecule has 1 unspecified atom stereocenters. The van der Waals surface area contributed by atoms with Crippen LogP contribution < -0.4 is 24.8 Å². The highest BCUT2D eigenvalue weighted by Crippen LogP contribution is 2.39. The smallest absolute Gasteiger partial charge is 0.219 e. The molecule has 0 amide bonds. The maximum atomic E-state index is 5.91. The minimum Gasteiger partial charge on any atom is -0.493 e. The van der Waals surface area contributed by atoms with Gasteiger partial charge in [-0.05, 0) is 43.4 Å². The minimum absolute atomic E-state index is 0.364. The molecule has 2 N–H and O–H groups in total. The second-order valence-corrected chi connectivity index (χ2v) is 7.54. The van der Waals surface area contributed by atoms with E-state index in [1.165, 1.54) is 6.42 Å². The molecule has 30 heavy (non-hydrogen) atoms. The molecule has 0 aliphatic heterocycles. The predicted octanol–water partition coefficient (Wildman–Crippen LogP) is 4.38. The number of methoxy groups -OCH3 is 2. The number of aliphatic imine (C=N–C) groups is 1. The van der Waals surface area contributed by atoms with E-state index in [1.54, 1.807) is 27.5 Å². The van der Waals surface area contributed by atoms with Gasteiger partial charge in [-0.3, -0.25) is 4.99 Å². The van der Waals surface area contributed by atoms with Crippen molar-refractivity contribution in [2.75, 3.05) is 21.3 Å². The van der Waals surface area contributed by atoms with Crippen LogP contribution in [0.4, 0.5) is 0 Å². The Kier molecular flexibility index (Phi) is 9.25. The van der Waals surface area contributed by atoms with Crippen molar-refractivity contribution in [3.8, 4) is 23.1 Å². The summed E-state index contributed by atoms with van der Waals surface area (Å²) in [4.78, 5) is 8.71. The van der Waals surface area contributed by atoms with E-state index in [-0.39, 0.29) is 0 Å². The lowest BCUT2D eigenvalue weighted by atomic mass is 10.0. The van der Waals surface area contributed by atoms with E-state index >= 15 is 0 Å². The van der Waals surface area contributed by atoms with Gasteiger partial charge in [-0.1, -0.05) is 26.0 Å². The van der Waals surface area contributed by atoms with Crippen LogP contribution in [0, 0.1) is 5.92 Å². The van der Waals surface area contributed by atoms with E-state index in [1.807, 2.05) is 30.3 Å². The van der Waals surface area contributed by atoms with Gasteiger partial charge in [0.15, 0.2) is 17.5 Å². The van der Waals surface area contributed by atoms with Crippen LogP contribution in [0.5, 0.6) is 23.1 Å². The van der Waals surface area contributed by atoms with E-state index in [4.69, 9.17) is 14.2 Å². The maximum Gasteiger partial charge on any atom is 0.219 e. The number of pyridine rings is 1. The lowest BCUT2D eigenvalue weighted by molar-refractivity contribution is 0.342. The molecule has 7 heteroatoms. The number of benzene rings is 1. The number of ether oxygens (including phenoxy) is 3. The summed E-state index contributed by atoms with van der Waals surface area (Å²) >= 11 is 0. The molecule has 0 aliphatic rings. The van der Waals surface area contributed by atoms with Gasteiger partial charge < -0.3 is 24.8 Å². The van der Waals surface area contributed by atoms with Crippen molar-refractivity contribution in [2.24, 2.45) is 10.9 Å². The first-order valence-electron chi connectivity index (χ1n) is 10.3. The fraction of sp³-hybridized carbons (Fsp3) is 0.478. The van der Waals surface area contributed by atoms with Crippen LogP contribution >= 0.6 is 0 Å². The minimum atomic E-state index is 0.364. The van der Waals surface area contributed by atoms with Crippen LogP contribution in [0.1, 0.15) is 39.2 Å². The van der Waals surface area contributed by atoms with Crippen molar-refractivity contribution in [1.82, 2.24) is 15.6 Å². The summed E-state index contributed by atoms with van der Waals surface area (Å²) in [6.07, 6.45) is 4.07. The Labute approximate surface area is 179 Å². The van der Waals surface area contributed by atoms with Gasteiger partial charge in [-0.15, -0.1) is 0 Å². The Morgan fingerprint density at radius 1 is 1.03 bits per heavy atom. The zero-order valence-corrected chi connectivity index (χ0v) is 18.9. The second kappa shape index (κ2) is 11.9. The molecule has 0 saturated carbocycles. The van der Waals surface area contributed by atoms with E-state index in [0.29, 0.717) is 41.6 Å². The molecule has 7 nitrogen and oxygen atoms in total. The van der Waals surface area contributed by atoms with Crippen LogP contribution in [0.15, 0.2) is 41.5 Å². The Balaban J connectivity index is 1.93. The van der Waals surface area contributed by atoms with Crippen molar-refractivity contribution < 1.29 is 14.2 Å². The van der Waals surface area contributed by atoms with Crippen LogP contribution in [0.25, 0.3) is 0 Å². The quantitative estimate of drug-likeness (QED) is 0.444. The van der Waals surface area contributed by atoms with Gasteiger partial charge in [-0.25, -0.2) is 4.98 Å². The van der Waals surface area contributed by atoms with Crippen molar-refractivity contribution in [3.63, 3.8) is 0 Å². The zero-order chi connectivity index (χ0) is 21.9. The molecule has 0 saturated heterocycles. The summed E-state index contributed by atoms with van der Waals surface area (Å²) in [7, 11) is 4.96. The fourth-order valence-corrected chi connectivity index (χ4v) is 2.87. The number of hydrogen-bond acceptors (Lipinski definition) is 5. The molecule has 0 bridgehead atoms. The number of guanidine groups is 1. The summed E-state index contributed by atoms with van der Waals surface area (Å²) in [5.74, 6) is 3.62. The van der Waals surface area contributed by atoms with Crippen LogP contribution in [0.3, 0.4) is 0 Å². The summed E-state index contributed by atoms with van der Waals surface area (Å²) in [6, 6.07) is 9.63.